The van der Waals surface area contributed by atoms with Crippen LogP contribution in [0.3, 0.4) is 0 Å². The third-order valence-electron chi connectivity index (χ3n) is 4.38. The van der Waals surface area contributed by atoms with Crippen LogP contribution in [0.2, 0.25) is 0 Å². The molecule has 0 saturated heterocycles. The van der Waals surface area contributed by atoms with E-state index in [1.807, 2.05) is 19.9 Å². The van der Waals surface area contributed by atoms with Crippen molar-refractivity contribution in [3.8, 4) is 29.1 Å². The third-order valence-corrected chi connectivity index (χ3v) is 4.38. The van der Waals surface area contributed by atoms with E-state index in [1.54, 1.807) is 50.3 Å². The first kappa shape index (κ1) is 27.0. The van der Waals surface area contributed by atoms with E-state index in [0.29, 0.717) is 42.6 Å². The Bertz CT molecular complexity index is 1130. The Kier molecular flexibility index (Phi) is 10.9. The number of carbonyl (C=O) groups is 2. The number of ether oxygens (including phenoxy) is 5. The lowest BCUT2D eigenvalue weighted by Crippen LogP contribution is -2.07. The van der Waals surface area contributed by atoms with Crippen LogP contribution in [0.4, 0.5) is 0 Å². The molecular weight excluding hydrogens is 450 g/mol. The molecule has 0 N–H and O–H groups in total. The molecule has 0 aliphatic rings. The van der Waals surface area contributed by atoms with E-state index < -0.39 is 11.9 Å². The number of hydrogen-bond donors (Lipinski definition) is 0. The van der Waals surface area contributed by atoms with Gasteiger partial charge in [-0.15, -0.1) is 0 Å². The summed E-state index contributed by atoms with van der Waals surface area (Å²) in [5.41, 5.74) is 1.11. The standard InChI is InChI=1S/C27H29NO7/c1-5-31-22-12-9-19(16-24(22)32-6-2)11-14-26(29)35-23-13-10-20(17-25(23)33-7-3)15-21(18-28)27(30)34-8-4/h9-17H,5-8H2,1-4H3. The average Bonchev–Trinajstić information content (AvgIpc) is 2.84. The second-order valence-electron chi connectivity index (χ2n) is 6.86. The summed E-state index contributed by atoms with van der Waals surface area (Å²) in [5.74, 6) is 0.401. The lowest BCUT2D eigenvalue weighted by Gasteiger charge is -2.11. The number of rotatable bonds is 12. The Morgan fingerprint density at radius 2 is 1.37 bits per heavy atom. The van der Waals surface area contributed by atoms with Gasteiger partial charge in [-0.2, -0.15) is 5.26 Å². The molecule has 0 unspecified atom stereocenters. The SMILES string of the molecule is CCOC(=O)C(C#N)=Cc1ccc(OC(=O)C=Cc2ccc(OCC)c(OCC)c2)c(OCC)c1. The van der Waals surface area contributed by atoms with Crippen molar-refractivity contribution < 1.29 is 33.3 Å². The van der Waals surface area contributed by atoms with E-state index >= 15 is 0 Å². The molecule has 35 heavy (non-hydrogen) atoms. The van der Waals surface area contributed by atoms with Crippen LogP contribution in [0.1, 0.15) is 38.8 Å². The van der Waals surface area contributed by atoms with Crippen LogP contribution < -0.4 is 18.9 Å². The molecule has 0 radical (unpaired) electrons. The van der Waals surface area contributed by atoms with E-state index in [1.165, 1.54) is 18.2 Å². The quantitative estimate of drug-likeness (QED) is 0.182. The van der Waals surface area contributed by atoms with Crippen molar-refractivity contribution in [1.29, 1.82) is 5.26 Å². The van der Waals surface area contributed by atoms with E-state index in [4.69, 9.17) is 23.7 Å². The van der Waals surface area contributed by atoms with E-state index in [9.17, 15) is 14.9 Å². The maximum absolute atomic E-state index is 12.5. The lowest BCUT2D eigenvalue weighted by atomic mass is 10.1. The summed E-state index contributed by atoms with van der Waals surface area (Å²) in [5, 5.41) is 9.23. The predicted molar refractivity (Wildman–Crippen MR) is 131 cm³/mol. The van der Waals surface area contributed by atoms with E-state index in [-0.39, 0.29) is 17.9 Å². The highest BCUT2D eigenvalue weighted by molar-refractivity contribution is 5.98. The Morgan fingerprint density at radius 1 is 0.800 bits per heavy atom. The van der Waals surface area contributed by atoms with Gasteiger partial charge in [0.05, 0.1) is 26.4 Å². The minimum Gasteiger partial charge on any atom is -0.490 e. The third kappa shape index (κ3) is 8.23. The monoisotopic (exact) mass is 479 g/mol. The van der Waals surface area contributed by atoms with Gasteiger partial charge in [0.1, 0.15) is 11.6 Å². The maximum atomic E-state index is 12.5. The Morgan fingerprint density at radius 3 is 2.00 bits per heavy atom. The highest BCUT2D eigenvalue weighted by Crippen LogP contribution is 2.31. The van der Waals surface area contributed by atoms with Gasteiger partial charge in [-0.1, -0.05) is 12.1 Å². The topological polar surface area (TPSA) is 104 Å². The van der Waals surface area contributed by atoms with Gasteiger partial charge in [-0.25, -0.2) is 9.59 Å². The van der Waals surface area contributed by atoms with Gasteiger partial charge in [0.2, 0.25) is 0 Å². The summed E-state index contributed by atoms with van der Waals surface area (Å²) >= 11 is 0. The molecule has 8 nitrogen and oxygen atoms in total. The number of benzene rings is 2. The normalized spacial score (nSPS) is 11.0. The molecule has 0 aliphatic carbocycles. The second kappa shape index (κ2) is 14.1. The number of nitriles is 1. The summed E-state index contributed by atoms with van der Waals surface area (Å²) < 4.78 is 27.1. The zero-order valence-electron chi connectivity index (χ0n) is 20.3. The Labute approximate surface area is 205 Å². The summed E-state index contributed by atoms with van der Waals surface area (Å²) in [6.45, 7) is 8.69. The van der Waals surface area contributed by atoms with Gasteiger partial charge in [-0.3, -0.25) is 0 Å². The van der Waals surface area contributed by atoms with Crippen LogP contribution in [0.25, 0.3) is 12.2 Å². The second-order valence-corrected chi connectivity index (χ2v) is 6.86. The van der Waals surface area contributed by atoms with Crippen molar-refractivity contribution in [3.63, 3.8) is 0 Å². The zero-order valence-corrected chi connectivity index (χ0v) is 20.3. The van der Waals surface area contributed by atoms with Crippen molar-refractivity contribution in [2.45, 2.75) is 27.7 Å². The largest absolute Gasteiger partial charge is 0.490 e. The molecule has 0 aromatic heterocycles. The molecule has 0 atom stereocenters. The molecule has 0 aliphatic heterocycles. The van der Waals surface area contributed by atoms with Crippen LogP contribution in [-0.4, -0.2) is 38.4 Å². The number of esters is 2. The van der Waals surface area contributed by atoms with Crippen molar-refractivity contribution >= 4 is 24.1 Å². The summed E-state index contributed by atoms with van der Waals surface area (Å²) in [4.78, 5) is 24.3. The molecule has 8 heteroatoms. The highest BCUT2D eigenvalue weighted by Gasteiger charge is 2.13. The first-order chi connectivity index (χ1) is 16.9. The average molecular weight is 480 g/mol. The number of hydrogen-bond acceptors (Lipinski definition) is 8. The van der Waals surface area contributed by atoms with E-state index in [2.05, 4.69) is 0 Å². The molecule has 0 spiro atoms. The molecule has 0 amide bonds. The highest BCUT2D eigenvalue weighted by atomic mass is 16.6. The van der Waals surface area contributed by atoms with Crippen LogP contribution in [0, 0.1) is 11.3 Å². The first-order valence-corrected chi connectivity index (χ1v) is 11.3. The van der Waals surface area contributed by atoms with Crippen LogP contribution >= 0.6 is 0 Å². The minimum absolute atomic E-state index is 0.149. The zero-order chi connectivity index (χ0) is 25.6. The van der Waals surface area contributed by atoms with Crippen molar-refractivity contribution in [1.82, 2.24) is 0 Å². The fourth-order valence-electron chi connectivity index (χ4n) is 2.96. The van der Waals surface area contributed by atoms with Crippen molar-refractivity contribution in [2.75, 3.05) is 26.4 Å². The molecule has 184 valence electrons. The molecular formula is C27H29NO7. The molecule has 0 saturated carbocycles. The van der Waals surface area contributed by atoms with Crippen LogP contribution in [0.5, 0.6) is 23.0 Å². The van der Waals surface area contributed by atoms with Gasteiger partial charge in [0, 0.05) is 6.08 Å². The fraction of sp³-hybridized carbons (Fsp3) is 0.296. The maximum Gasteiger partial charge on any atom is 0.348 e. The predicted octanol–water partition coefficient (Wildman–Crippen LogP) is 4.97. The Hall–Kier alpha value is -4.25. The summed E-state index contributed by atoms with van der Waals surface area (Å²) in [7, 11) is 0. The summed E-state index contributed by atoms with van der Waals surface area (Å²) in [6, 6.07) is 11.9. The minimum atomic E-state index is -0.713. The smallest absolute Gasteiger partial charge is 0.348 e. The van der Waals surface area contributed by atoms with Gasteiger partial charge < -0.3 is 23.7 Å². The van der Waals surface area contributed by atoms with Crippen molar-refractivity contribution in [2.24, 2.45) is 0 Å². The molecule has 2 aromatic carbocycles. The van der Waals surface area contributed by atoms with E-state index in [0.717, 1.165) is 5.56 Å². The molecule has 0 heterocycles. The molecule has 2 rings (SSSR count). The molecule has 2 aromatic rings. The summed E-state index contributed by atoms with van der Waals surface area (Å²) in [6.07, 6.45) is 4.29. The lowest BCUT2D eigenvalue weighted by molar-refractivity contribution is -0.138. The first-order valence-electron chi connectivity index (χ1n) is 11.3. The molecule has 0 bridgehead atoms. The van der Waals surface area contributed by atoms with Gasteiger partial charge >= 0.3 is 11.9 Å². The molecule has 0 fully saturated rings. The van der Waals surface area contributed by atoms with Crippen LogP contribution in [-0.2, 0) is 14.3 Å². The Balaban J connectivity index is 2.21. The van der Waals surface area contributed by atoms with Gasteiger partial charge in [0.25, 0.3) is 0 Å². The number of carbonyl (C=O) groups excluding carboxylic acids is 2. The van der Waals surface area contributed by atoms with Crippen molar-refractivity contribution in [3.05, 3.63) is 59.2 Å². The fourth-order valence-corrected chi connectivity index (χ4v) is 2.96. The van der Waals surface area contributed by atoms with Gasteiger partial charge in [-0.05, 0) is 75.2 Å². The number of nitrogens with zero attached hydrogens (tertiary/aromatic N) is 1. The van der Waals surface area contributed by atoms with Crippen LogP contribution in [0.15, 0.2) is 48.0 Å². The van der Waals surface area contributed by atoms with Gasteiger partial charge in [0.15, 0.2) is 23.0 Å².